The van der Waals surface area contributed by atoms with Gasteiger partial charge in [-0.25, -0.2) is 4.79 Å². The summed E-state index contributed by atoms with van der Waals surface area (Å²) in [6.45, 7) is 4.58. The zero-order chi connectivity index (χ0) is 22.8. The predicted octanol–water partition coefficient (Wildman–Crippen LogP) is 5.84. The quantitative estimate of drug-likeness (QED) is 0.107. The second kappa shape index (κ2) is 25.1. The van der Waals surface area contributed by atoms with Gasteiger partial charge in [-0.3, -0.25) is 9.68 Å². The summed E-state index contributed by atoms with van der Waals surface area (Å²) in [5.74, 6) is -1.35. The molecule has 0 saturated carbocycles. The van der Waals surface area contributed by atoms with E-state index >= 15 is 0 Å². The number of ether oxygens (including phenoxy) is 2. The SMILES string of the molecule is CCCCCCCCCCCCCCOCCOCCOOC(=O)CCCCC(=O)O. The first-order valence-corrected chi connectivity index (χ1v) is 12.4. The minimum atomic E-state index is -0.861. The van der Waals surface area contributed by atoms with Gasteiger partial charge in [-0.2, -0.15) is 4.89 Å². The fourth-order valence-corrected chi connectivity index (χ4v) is 3.15. The average Bonchev–Trinajstić information content (AvgIpc) is 2.75. The molecule has 0 bridgehead atoms. The van der Waals surface area contributed by atoms with Crippen LogP contribution in [-0.4, -0.2) is 50.1 Å². The number of aliphatic carboxylic acids is 1. The lowest BCUT2D eigenvalue weighted by atomic mass is 10.1. The molecule has 0 aliphatic rings. The summed E-state index contributed by atoms with van der Waals surface area (Å²) >= 11 is 0. The highest BCUT2D eigenvalue weighted by Gasteiger charge is 2.05. The molecule has 0 fully saturated rings. The molecule has 0 spiro atoms. The van der Waals surface area contributed by atoms with Crippen molar-refractivity contribution in [2.45, 2.75) is 110 Å². The van der Waals surface area contributed by atoms with Gasteiger partial charge in [0.25, 0.3) is 0 Å². The van der Waals surface area contributed by atoms with Gasteiger partial charge in [0.15, 0.2) is 0 Å². The molecule has 0 aromatic heterocycles. The van der Waals surface area contributed by atoms with E-state index in [1.807, 2.05) is 0 Å². The second-order valence-corrected chi connectivity index (χ2v) is 7.99. The van der Waals surface area contributed by atoms with Crippen LogP contribution in [0.3, 0.4) is 0 Å². The Bertz CT molecular complexity index is 401. The molecule has 0 saturated heterocycles. The smallest absolute Gasteiger partial charge is 0.342 e. The standard InChI is InChI=1S/C24H46O7/c1-2-3-4-5-6-7-8-9-10-11-12-15-18-28-19-20-29-21-22-30-31-24(27)17-14-13-16-23(25)26/h2-22H2,1H3,(H,25,26). The predicted molar refractivity (Wildman–Crippen MR) is 121 cm³/mol. The Labute approximate surface area is 189 Å². The highest BCUT2D eigenvalue weighted by atomic mass is 17.2. The van der Waals surface area contributed by atoms with Gasteiger partial charge in [0, 0.05) is 19.4 Å². The molecule has 184 valence electrons. The molecule has 0 aliphatic carbocycles. The number of hydrogen-bond donors (Lipinski definition) is 1. The molecular formula is C24H46O7. The topological polar surface area (TPSA) is 91.3 Å². The van der Waals surface area contributed by atoms with Crippen LogP contribution in [0.1, 0.15) is 110 Å². The van der Waals surface area contributed by atoms with Crippen LogP contribution in [-0.2, 0) is 28.8 Å². The van der Waals surface area contributed by atoms with Crippen LogP contribution in [0.15, 0.2) is 0 Å². The number of carbonyl (C=O) groups is 2. The van der Waals surface area contributed by atoms with Crippen LogP contribution in [0.2, 0.25) is 0 Å². The van der Waals surface area contributed by atoms with Crippen LogP contribution in [0.25, 0.3) is 0 Å². The van der Waals surface area contributed by atoms with Gasteiger partial charge >= 0.3 is 11.9 Å². The third-order valence-electron chi connectivity index (χ3n) is 5.00. The number of carbonyl (C=O) groups excluding carboxylic acids is 1. The van der Waals surface area contributed by atoms with Crippen LogP contribution in [0.5, 0.6) is 0 Å². The summed E-state index contributed by atoms with van der Waals surface area (Å²) in [6, 6.07) is 0. The Kier molecular flexibility index (Phi) is 24.1. The first-order valence-electron chi connectivity index (χ1n) is 12.4. The molecule has 0 aliphatic heterocycles. The molecule has 0 heterocycles. The van der Waals surface area contributed by atoms with Gasteiger partial charge < -0.3 is 14.6 Å². The van der Waals surface area contributed by atoms with Crippen molar-refractivity contribution in [3.63, 3.8) is 0 Å². The van der Waals surface area contributed by atoms with Gasteiger partial charge in [0.05, 0.1) is 19.8 Å². The molecule has 0 radical (unpaired) electrons. The van der Waals surface area contributed by atoms with E-state index in [4.69, 9.17) is 19.5 Å². The maximum Gasteiger partial charge on any atom is 0.342 e. The molecule has 0 amide bonds. The van der Waals surface area contributed by atoms with E-state index < -0.39 is 11.9 Å². The van der Waals surface area contributed by atoms with Gasteiger partial charge in [0.2, 0.25) is 0 Å². The number of carboxylic acids is 1. The Hall–Kier alpha value is -1.18. The second-order valence-electron chi connectivity index (χ2n) is 7.99. The van der Waals surface area contributed by atoms with Crippen LogP contribution < -0.4 is 0 Å². The summed E-state index contributed by atoms with van der Waals surface area (Å²) in [4.78, 5) is 31.0. The average molecular weight is 447 g/mol. The van der Waals surface area contributed by atoms with Crippen molar-refractivity contribution >= 4 is 11.9 Å². The normalized spacial score (nSPS) is 11.0. The van der Waals surface area contributed by atoms with Gasteiger partial charge in [0.1, 0.15) is 6.61 Å². The Morgan fingerprint density at radius 1 is 0.581 bits per heavy atom. The first-order chi connectivity index (χ1) is 15.2. The third kappa shape index (κ3) is 26.8. The van der Waals surface area contributed by atoms with Crippen LogP contribution in [0, 0.1) is 0 Å². The summed E-state index contributed by atoms with van der Waals surface area (Å²) in [5.41, 5.74) is 0. The number of rotatable bonds is 25. The largest absolute Gasteiger partial charge is 0.481 e. The van der Waals surface area contributed by atoms with E-state index in [9.17, 15) is 9.59 Å². The first kappa shape index (κ1) is 29.8. The molecule has 0 unspecified atom stereocenters. The molecule has 0 rings (SSSR count). The summed E-state index contributed by atoms with van der Waals surface area (Å²) < 4.78 is 10.9. The molecule has 0 aromatic carbocycles. The Morgan fingerprint density at radius 3 is 1.65 bits per heavy atom. The lowest BCUT2D eigenvalue weighted by Gasteiger charge is -2.06. The van der Waals surface area contributed by atoms with Gasteiger partial charge in [-0.15, -0.1) is 0 Å². The van der Waals surface area contributed by atoms with Gasteiger partial charge in [-0.05, 0) is 19.3 Å². The van der Waals surface area contributed by atoms with E-state index in [2.05, 4.69) is 11.8 Å². The minimum Gasteiger partial charge on any atom is -0.481 e. The summed E-state index contributed by atoms with van der Waals surface area (Å²) in [7, 11) is 0. The molecule has 1 N–H and O–H groups in total. The summed E-state index contributed by atoms with van der Waals surface area (Å²) in [5, 5.41) is 8.50. The van der Waals surface area contributed by atoms with Crippen molar-refractivity contribution in [2.24, 2.45) is 0 Å². The van der Waals surface area contributed by atoms with Gasteiger partial charge in [-0.1, -0.05) is 77.6 Å². The zero-order valence-corrected chi connectivity index (χ0v) is 19.7. The maximum absolute atomic E-state index is 11.3. The fraction of sp³-hybridized carbons (Fsp3) is 0.917. The monoisotopic (exact) mass is 446 g/mol. The highest BCUT2D eigenvalue weighted by molar-refractivity contribution is 5.69. The lowest BCUT2D eigenvalue weighted by Crippen LogP contribution is -2.12. The van der Waals surface area contributed by atoms with E-state index in [0.29, 0.717) is 32.7 Å². The van der Waals surface area contributed by atoms with E-state index in [0.717, 1.165) is 13.0 Å². The van der Waals surface area contributed by atoms with Crippen molar-refractivity contribution < 1.29 is 33.9 Å². The van der Waals surface area contributed by atoms with E-state index in [-0.39, 0.29) is 19.4 Å². The van der Waals surface area contributed by atoms with Crippen molar-refractivity contribution in [3.8, 4) is 0 Å². The Balaban J connectivity index is 3.10. The number of carboxylic acid groups (broad SMARTS) is 1. The highest BCUT2D eigenvalue weighted by Crippen LogP contribution is 2.11. The van der Waals surface area contributed by atoms with Crippen LogP contribution in [0.4, 0.5) is 0 Å². The van der Waals surface area contributed by atoms with Crippen LogP contribution >= 0.6 is 0 Å². The minimum absolute atomic E-state index is 0.0589. The molecule has 31 heavy (non-hydrogen) atoms. The molecular weight excluding hydrogens is 400 g/mol. The van der Waals surface area contributed by atoms with E-state index in [1.54, 1.807) is 0 Å². The zero-order valence-electron chi connectivity index (χ0n) is 19.7. The molecule has 0 aromatic rings. The molecule has 7 heteroatoms. The summed E-state index contributed by atoms with van der Waals surface area (Å²) in [6.07, 6.45) is 17.2. The number of hydrogen-bond acceptors (Lipinski definition) is 6. The fourth-order valence-electron chi connectivity index (χ4n) is 3.15. The Morgan fingerprint density at radius 2 is 1.06 bits per heavy atom. The van der Waals surface area contributed by atoms with Crippen molar-refractivity contribution in [1.29, 1.82) is 0 Å². The van der Waals surface area contributed by atoms with E-state index in [1.165, 1.54) is 70.6 Å². The molecule has 7 nitrogen and oxygen atoms in total. The van der Waals surface area contributed by atoms with Crippen molar-refractivity contribution in [1.82, 2.24) is 0 Å². The number of unbranched alkanes of at least 4 members (excludes halogenated alkanes) is 12. The maximum atomic E-state index is 11.3. The third-order valence-corrected chi connectivity index (χ3v) is 5.00. The lowest BCUT2D eigenvalue weighted by molar-refractivity contribution is -0.276. The molecule has 0 atom stereocenters. The van der Waals surface area contributed by atoms with Crippen molar-refractivity contribution in [2.75, 3.05) is 33.0 Å². The van der Waals surface area contributed by atoms with Crippen molar-refractivity contribution in [3.05, 3.63) is 0 Å².